The van der Waals surface area contributed by atoms with E-state index in [4.69, 9.17) is 0 Å². The summed E-state index contributed by atoms with van der Waals surface area (Å²) in [5.41, 5.74) is 4.20. The quantitative estimate of drug-likeness (QED) is 0.578. The molecule has 0 unspecified atom stereocenters. The molecule has 126 valence electrons. The summed E-state index contributed by atoms with van der Waals surface area (Å²) in [6, 6.07) is 16.1. The number of fused-ring (bicyclic) bond motifs is 2. The van der Waals surface area contributed by atoms with Crippen molar-refractivity contribution in [1.29, 1.82) is 0 Å². The topological polar surface area (TPSA) is 62.7 Å². The Kier molecular flexibility index (Phi) is 3.98. The summed E-state index contributed by atoms with van der Waals surface area (Å²) in [5, 5.41) is 4.14. The minimum Gasteiger partial charge on any atom is -0.361 e. The number of rotatable bonds is 5. The van der Waals surface area contributed by atoms with Crippen molar-refractivity contribution in [2.24, 2.45) is 0 Å². The van der Waals surface area contributed by atoms with Crippen molar-refractivity contribution in [3.05, 3.63) is 60.3 Å². The number of para-hydroxylation sites is 3. The summed E-state index contributed by atoms with van der Waals surface area (Å²) in [4.78, 5) is 20.2. The van der Waals surface area contributed by atoms with Gasteiger partial charge in [0.1, 0.15) is 0 Å². The molecule has 0 aliphatic carbocycles. The lowest BCUT2D eigenvalue weighted by Gasteiger charge is -2.07. The third-order valence-electron chi connectivity index (χ3n) is 4.52. The molecule has 0 atom stereocenters. The third kappa shape index (κ3) is 2.89. The Hall–Kier alpha value is -3.08. The van der Waals surface area contributed by atoms with Crippen LogP contribution in [0.25, 0.3) is 21.9 Å². The number of aryl methyl sites for hydroxylation is 2. The summed E-state index contributed by atoms with van der Waals surface area (Å²) in [7, 11) is 0. The smallest absolute Gasteiger partial charge is 0.227 e. The number of imidazole rings is 1. The molecular weight excluding hydrogens is 312 g/mol. The molecule has 1 amide bonds. The van der Waals surface area contributed by atoms with Crippen LogP contribution in [0.15, 0.2) is 54.7 Å². The van der Waals surface area contributed by atoms with Crippen molar-refractivity contribution >= 4 is 33.8 Å². The largest absolute Gasteiger partial charge is 0.361 e. The second-order valence-corrected chi connectivity index (χ2v) is 6.08. The number of aromatic amines is 1. The van der Waals surface area contributed by atoms with Gasteiger partial charge in [-0.05, 0) is 37.1 Å². The van der Waals surface area contributed by atoms with E-state index in [1.807, 2.05) is 53.2 Å². The molecule has 2 heterocycles. The molecule has 2 aromatic carbocycles. The summed E-state index contributed by atoms with van der Waals surface area (Å²) in [6.07, 6.45) is 3.11. The Morgan fingerprint density at radius 2 is 1.96 bits per heavy atom. The highest BCUT2D eigenvalue weighted by Gasteiger charge is 2.12. The molecule has 25 heavy (non-hydrogen) atoms. The number of anilines is 1. The second-order valence-electron chi connectivity index (χ2n) is 6.08. The number of nitrogens with one attached hydrogen (secondary N) is 2. The van der Waals surface area contributed by atoms with Crippen molar-refractivity contribution in [2.75, 3.05) is 5.32 Å². The van der Waals surface area contributed by atoms with Gasteiger partial charge in [-0.15, -0.1) is 0 Å². The molecule has 0 saturated heterocycles. The van der Waals surface area contributed by atoms with Crippen LogP contribution >= 0.6 is 0 Å². The molecule has 0 radical (unpaired) electrons. The first kappa shape index (κ1) is 15.4. The first-order chi connectivity index (χ1) is 12.3. The van der Waals surface area contributed by atoms with E-state index in [2.05, 4.69) is 28.3 Å². The van der Waals surface area contributed by atoms with Crippen LogP contribution in [0.2, 0.25) is 0 Å². The summed E-state index contributed by atoms with van der Waals surface area (Å²) in [5.74, 6) is 0.600. The molecule has 0 aliphatic rings. The van der Waals surface area contributed by atoms with Gasteiger partial charge in [0.05, 0.1) is 11.0 Å². The number of benzene rings is 2. The maximum absolute atomic E-state index is 12.4. The highest BCUT2D eigenvalue weighted by atomic mass is 16.1. The van der Waals surface area contributed by atoms with Gasteiger partial charge < -0.3 is 9.55 Å². The molecule has 5 heteroatoms. The summed E-state index contributed by atoms with van der Waals surface area (Å²) in [6.45, 7) is 2.81. The van der Waals surface area contributed by atoms with Crippen molar-refractivity contribution < 1.29 is 4.79 Å². The van der Waals surface area contributed by atoms with E-state index in [9.17, 15) is 4.79 Å². The highest BCUT2D eigenvalue weighted by molar-refractivity contribution is 5.92. The van der Waals surface area contributed by atoms with Gasteiger partial charge in [-0.3, -0.25) is 10.1 Å². The summed E-state index contributed by atoms with van der Waals surface area (Å²) >= 11 is 0. The van der Waals surface area contributed by atoms with Gasteiger partial charge in [0.2, 0.25) is 11.9 Å². The van der Waals surface area contributed by atoms with Gasteiger partial charge >= 0.3 is 0 Å². The first-order valence-electron chi connectivity index (χ1n) is 8.56. The molecule has 0 bridgehead atoms. The van der Waals surface area contributed by atoms with Crippen LogP contribution in [-0.4, -0.2) is 20.4 Å². The predicted molar refractivity (Wildman–Crippen MR) is 101 cm³/mol. The fraction of sp³-hybridized carbons (Fsp3) is 0.200. The van der Waals surface area contributed by atoms with E-state index in [1.165, 1.54) is 5.39 Å². The van der Waals surface area contributed by atoms with Gasteiger partial charge in [-0.1, -0.05) is 30.3 Å². The van der Waals surface area contributed by atoms with E-state index < -0.39 is 0 Å². The number of nitrogens with zero attached hydrogens (tertiary/aromatic N) is 2. The lowest BCUT2D eigenvalue weighted by atomic mass is 10.1. The predicted octanol–water partition coefficient (Wildman–Crippen LogP) is 4.11. The van der Waals surface area contributed by atoms with Crippen LogP contribution in [0.1, 0.15) is 18.9 Å². The maximum atomic E-state index is 12.4. The monoisotopic (exact) mass is 332 g/mol. The van der Waals surface area contributed by atoms with Crippen molar-refractivity contribution in [1.82, 2.24) is 14.5 Å². The third-order valence-corrected chi connectivity index (χ3v) is 4.52. The highest BCUT2D eigenvalue weighted by Crippen LogP contribution is 2.21. The number of H-pyrrole nitrogens is 1. The van der Waals surface area contributed by atoms with E-state index in [0.29, 0.717) is 18.8 Å². The number of carbonyl (C=O) groups is 1. The number of hydrogen-bond acceptors (Lipinski definition) is 2. The molecule has 4 rings (SSSR count). The second kappa shape index (κ2) is 6.43. The fourth-order valence-corrected chi connectivity index (χ4v) is 3.26. The average molecular weight is 332 g/mol. The van der Waals surface area contributed by atoms with Crippen LogP contribution < -0.4 is 5.32 Å². The van der Waals surface area contributed by atoms with Gasteiger partial charge in [-0.2, -0.15) is 0 Å². The zero-order chi connectivity index (χ0) is 17.2. The summed E-state index contributed by atoms with van der Waals surface area (Å²) < 4.78 is 2.03. The number of aromatic nitrogens is 3. The van der Waals surface area contributed by atoms with Gasteiger partial charge in [0.25, 0.3) is 0 Å². The van der Waals surface area contributed by atoms with E-state index in [-0.39, 0.29) is 5.91 Å². The SMILES string of the molecule is CCn1c(NC(=O)CCc2c[nH]c3ccccc23)nc2ccccc21. The fourth-order valence-electron chi connectivity index (χ4n) is 3.26. The maximum Gasteiger partial charge on any atom is 0.227 e. The Morgan fingerprint density at radius 3 is 2.84 bits per heavy atom. The van der Waals surface area contributed by atoms with Crippen LogP contribution in [0.4, 0.5) is 5.95 Å². The average Bonchev–Trinajstić information content (AvgIpc) is 3.20. The minimum absolute atomic E-state index is 0.0183. The normalized spacial score (nSPS) is 11.2. The van der Waals surface area contributed by atoms with Crippen molar-refractivity contribution in [2.45, 2.75) is 26.3 Å². The molecule has 2 aromatic heterocycles. The zero-order valence-corrected chi connectivity index (χ0v) is 14.1. The van der Waals surface area contributed by atoms with E-state index in [0.717, 1.165) is 28.7 Å². The van der Waals surface area contributed by atoms with E-state index in [1.54, 1.807) is 0 Å². The van der Waals surface area contributed by atoms with Crippen LogP contribution in [0, 0.1) is 0 Å². The van der Waals surface area contributed by atoms with Crippen LogP contribution in [-0.2, 0) is 17.8 Å². The van der Waals surface area contributed by atoms with Gasteiger partial charge in [0, 0.05) is 30.1 Å². The number of hydrogen-bond donors (Lipinski definition) is 2. The minimum atomic E-state index is -0.0183. The van der Waals surface area contributed by atoms with Crippen molar-refractivity contribution in [3.8, 4) is 0 Å². The Balaban J connectivity index is 1.49. The zero-order valence-electron chi connectivity index (χ0n) is 14.1. The molecule has 2 N–H and O–H groups in total. The van der Waals surface area contributed by atoms with Crippen LogP contribution in [0.3, 0.4) is 0 Å². The Morgan fingerprint density at radius 1 is 1.16 bits per heavy atom. The number of carbonyl (C=O) groups excluding carboxylic acids is 1. The Labute approximate surface area is 145 Å². The molecule has 0 spiro atoms. The van der Waals surface area contributed by atoms with Crippen LogP contribution in [0.5, 0.6) is 0 Å². The van der Waals surface area contributed by atoms with Gasteiger partial charge in [0.15, 0.2) is 0 Å². The lowest BCUT2D eigenvalue weighted by Crippen LogP contribution is -2.16. The first-order valence-corrected chi connectivity index (χ1v) is 8.56. The lowest BCUT2D eigenvalue weighted by molar-refractivity contribution is -0.116. The molecular formula is C20H20N4O. The molecule has 0 saturated carbocycles. The van der Waals surface area contributed by atoms with Crippen molar-refractivity contribution in [3.63, 3.8) is 0 Å². The molecule has 0 aliphatic heterocycles. The molecule has 0 fully saturated rings. The Bertz CT molecular complexity index is 1040. The van der Waals surface area contributed by atoms with Gasteiger partial charge in [-0.25, -0.2) is 4.98 Å². The molecule has 4 aromatic rings. The standard InChI is InChI=1S/C20H20N4O/c1-2-24-18-10-6-5-9-17(18)22-20(24)23-19(25)12-11-14-13-21-16-8-4-3-7-15(14)16/h3-10,13,21H,2,11-12H2,1H3,(H,22,23,25). The van der Waals surface area contributed by atoms with E-state index >= 15 is 0 Å². The number of amides is 1. The molecule has 5 nitrogen and oxygen atoms in total.